The maximum Gasteiger partial charge on any atom is 0.341 e. The van der Waals surface area contributed by atoms with Crippen molar-refractivity contribution in [1.82, 2.24) is 0 Å². The summed E-state index contributed by atoms with van der Waals surface area (Å²) < 4.78 is 5.35. The van der Waals surface area contributed by atoms with Gasteiger partial charge in [-0.15, -0.1) is 11.3 Å². The Balaban J connectivity index is 2.23. The predicted octanol–water partition coefficient (Wildman–Crippen LogP) is 4.37. The Morgan fingerprint density at radius 2 is 1.88 bits per heavy atom. The van der Waals surface area contributed by atoms with E-state index in [-0.39, 0.29) is 24.4 Å². The van der Waals surface area contributed by atoms with Crippen molar-refractivity contribution in [2.75, 3.05) is 5.32 Å². The van der Waals surface area contributed by atoms with Crippen molar-refractivity contribution >= 4 is 28.2 Å². The van der Waals surface area contributed by atoms with Crippen LogP contribution >= 0.6 is 11.3 Å². The fraction of sp³-hybridized carbons (Fsp3) is 0.368. The van der Waals surface area contributed by atoms with Crippen LogP contribution in [-0.2, 0) is 22.4 Å². The lowest BCUT2D eigenvalue weighted by Gasteiger charge is -2.11. The minimum absolute atomic E-state index is 0.135. The summed E-state index contributed by atoms with van der Waals surface area (Å²) in [6.45, 7) is 7.59. The number of benzene rings is 1. The number of thiophene rings is 1. The van der Waals surface area contributed by atoms with Gasteiger partial charge in [-0.05, 0) is 38.3 Å². The SMILES string of the molecule is CCc1c(C)sc(NC(=O)Cc2ccccc2)c1C(=O)OC(C)C. The summed E-state index contributed by atoms with van der Waals surface area (Å²) in [4.78, 5) is 25.8. The van der Waals surface area contributed by atoms with Gasteiger partial charge in [0.05, 0.1) is 18.1 Å². The topological polar surface area (TPSA) is 55.4 Å². The van der Waals surface area contributed by atoms with E-state index in [0.29, 0.717) is 10.6 Å². The van der Waals surface area contributed by atoms with Gasteiger partial charge in [-0.1, -0.05) is 37.3 Å². The summed E-state index contributed by atoms with van der Waals surface area (Å²) in [7, 11) is 0. The second kappa shape index (κ2) is 8.11. The number of ether oxygens (including phenoxy) is 1. The van der Waals surface area contributed by atoms with Gasteiger partial charge >= 0.3 is 5.97 Å². The second-order valence-corrected chi connectivity index (χ2v) is 7.08. The third-order valence-electron chi connectivity index (χ3n) is 3.57. The van der Waals surface area contributed by atoms with E-state index >= 15 is 0 Å². The van der Waals surface area contributed by atoms with Crippen molar-refractivity contribution in [2.24, 2.45) is 0 Å². The number of aryl methyl sites for hydroxylation is 1. The minimum Gasteiger partial charge on any atom is -0.459 e. The first-order valence-corrected chi connectivity index (χ1v) is 8.91. The largest absolute Gasteiger partial charge is 0.459 e. The van der Waals surface area contributed by atoms with Crippen molar-refractivity contribution in [3.05, 3.63) is 51.9 Å². The molecule has 24 heavy (non-hydrogen) atoms. The minimum atomic E-state index is -0.374. The highest BCUT2D eigenvalue weighted by Gasteiger charge is 2.24. The molecule has 4 nitrogen and oxygen atoms in total. The van der Waals surface area contributed by atoms with Gasteiger partial charge in [0.25, 0.3) is 0 Å². The van der Waals surface area contributed by atoms with Crippen molar-refractivity contribution < 1.29 is 14.3 Å². The smallest absolute Gasteiger partial charge is 0.341 e. The van der Waals surface area contributed by atoms with Crippen molar-refractivity contribution in [2.45, 2.75) is 46.6 Å². The second-order valence-electron chi connectivity index (χ2n) is 5.86. The van der Waals surface area contributed by atoms with E-state index in [4.69, 9.17) is 4.74 Å². The summed E-state index contributed by atoms with van der Waals surface area (Å²) in [6, 6.07) is 9.53. The lowest BCUT2D eigenvalue weighted by molar-refractivity contribution is -0.115. The number of nitrogens with one attached hydrogen (secondary N) is 1. The summed E-state index contributed by atoms with van der Waals surface area (Å²) in [5.74, 6) is -0.509. The highest BCUT2D eigenvalue weighted by Crippen LogP contribution is 2.34. The van der Waals surface area contributed by atoms with E-state index in [0.717, 1.165) is 22.4 Å². The first-order chi connectivity index (χ1) is 11.4. The Kier molecular flexibility index (Phi) is 6.15. The summed E-state index contributed by atoms with van der Waals surface area (Å²) in [5, 5.41) is 3.47. The molecular formula is C19H23NO3S. The van der Waals surface area contributed by atoms with Crippen LogP contribution in [0, 0.1) is 6.92 Å². The average molecular weight is 345 g/mol. The zero-order valence-electron chi connectivity index (χ0n) is 14.5. The van der Waals surface area contributed by atoms with Crippen LogP contribution < -0.4 is 5.32 Å². The molecule has 0 bridgehead atoms. The lowest BCUT2D eigenvalue weighted by atomic mass is 10.1. The van der Waals surface area contributed by atoms with Crippen LogP contribution in [0.5, 0.6) is 0 Å². The fourth-order valence-electron chi connectivity index (χ4n) is 2.53. The van der Waals surface area contributed by atoms with Gasteiger partial charge in [-0.2, -0.15) is 0 Å². The number of carbonyl (C=O) groups excluding carboxylic acids is 2. The molecule has 1 aromatic heterocycles. The molecule has 0 saturated carbocycles. The van der Waals surface area contributed by atoms with E-state index in [1.807, 2.05) is 58.0 Å². The average Bonchev–Trinajstić information content (AvgIpc) is 2.82. The normalized spacial score (nSPS) is 10.7. The van der Waals surface area contributed by atoms with E-state index in [2.05, 4.69) is 5.32 Å². The third kappa shape index (κ3) is 4.45. The van der Waals surface area contributed by atoms with Gasteiger partial charge in [0, 0.05) is 4.88 Å². The fourth-order valence-corrected chi connectivity index (χ4v) is 3.68. The maximum absolute atomic E-state index is 12.4. The molecule has 0 unspecified atom stereocenters. The molecule has 5 heteroatoms. The first-order valence-electron chi connectivity index (χ1n) is 8.09. The number of amides is 1. The molecule has 1 heterocycles. The standard InChI is InChI=1S/C19H23NO3S/c1-5-15-13(4)24-18(17(15)19(22)23-12(2)3)20-16(21)11-14-9-7-6-8-10-14/h6-10,12H,5,11H2,1-4H3,(H,20,21). The number of anilines is 1. The van der Waals surface area contributed by atoms with Gasteiger partial charge in [-0.25, -0.2) is 4.79 Å². The zero-order chi connectivity index (χ0) is 17.7. The van der Waals surface area contributed by atoms with Gasteiger partial charge < -0.3 is 10.1 Å². The van der Waals surface area contributed by atoms with Crippen LogP contribution in [0.25, 0.3) is 0 Å². The van der Waals surface area contributed by atoms with Crippen LogP contribution in [0.1, 0.15) is 47.1 Å². The quantitative estimate of drug-likeness (QED) is 0.791. The Morgan fingerprint density at radius 1 is 1.21 bits per heavy atom. The lowest BCUT2D eigenvalue weighted by Crippen LogP contribution is -2.18. The molecule has 0 spiro atoms. The molecule has 0 fully saturated rings. The van der Waals surface area contributed by atoms with E-state index in [9.17, 15) is 9.59 Å². The maximum atomic E-state index is 12.4. The van der Waals surface area contributed by atoms with E-state index in [1.54, 1.807) is 0 Å². The number of esters is 1. The van der Waals surface area contributed by atoms with Crippen molar-refractivity contribution in [3.8, 4) is 0 Å². The number of rotatable bonds is 6. The molecule has 2 rings (SSSR count). The summed E-state index contributed by atoms with van der Waals surface area (Å²) >= 11 is 1.43. The Labute approximate surface area is 146 Å². The summed E-state index contributed by atoms with van der Waals surface area (Å²) in [6.07, 6.45) is 0.799. The molecule has 0 radical (unpaired) electrons. The molecule has 128 valence electrons. The number of carbonyl (C=O) groups is 2. The molecule has 0 atom stereocenters. The zero-order valence-corrected chi connectivity index (χ0v) is 15.3. The van der Waals surface area contributed by atoms with Crippen LogP contribution in [0.4, 0.5) is 5.00 Å². The van der Waals surface area contributed by atoms with Crippen LogP contribution in [0.15, 0.2) is 30.3 Å². The highest BCUT2D eigenvalue weighted by atomic mass is 32.1. The van der Waals surface area contributed by atoms with Crippen molar-refractivity contribution in [3.63, 3.8) is 0 Å². The number of hydrogen-bond acceptors (Lipinski definition) is 4. The molecule has 2 aromatic rings. The predicted molar refractivity (Wildman–Crippen MR) is 97.8 cm³/mol. The number of hydrogen-bond donors (Lipinski definition) is 1. The van der Waals surface area contributed by atoms with Crippen molar-refractivity contribution in [1.29, 1.82) is 0 Å². The molecule has 1 N–H and O–H groups in total. The van der Waals surface area contributed by atoms with Gasteiger partial charge in [0.1, 0.15) is 5.00 Å². The monoisotopic (exact) mass is 345 g/mol. The van der Waals surface area contributed by atoms with Gasteiger partial charge in [0.2, 0.25) is 5.91 Å². The van der Waals surface area contributed by atoms with Crippen LogP contribution in [-0.4, -0.2) is 18.0 Å². The molecule has 1 amide bonds. The van der Waals surface area contributed by atoms with E-state index < -0.39 is 0 Å². The molecule has 0 saturated heterocycles. The molecule has 0 aliphatic carbocycles. The Bertz CT molecular complexity index is 720. The van der Waals surface area contributed by atoms with Gasteiger partial charge in [-0.3, -0.25) is 4.79 Å². The summed E-state index contributed by atoms with van der Waals surface area (Å²) in [5.41, 5.74) is 2.38. The molecule has 0 aliphatic heterocycles. The Hall–Kier alpha value is -2.14. The first kappa shape index (κ1) is 18.2. The van der Waals surface area contributed by atoms with Crippen LogP contribution in [0.2, 0.25) is 0 Å². The molecule has 1 aromatic carbocycles. The molecular weight excluding hydrogens is 322 g/mol. The Morgan fingerprint density at radius 3 is 2.46 bits per heavy atom. The van der Waals surface area contributed by atoms with Gasteiger partial charge in [0.15, 0.2) is 0 Å². The third-order valence-corrected chi connectivity index (χ3v) is 4.63. The highest BCUT2D eigenvalue weighted by molar-refractivity contribution is 7.16. The van der Waals surface area contributed by atoms with E-state index in [1.165, 1.54) is 11.3 Å². The van der Waals surface area contributed by atoms with Crippen LogP contribution in [0.3, 0.4) is 0 Å². The molecule has 0 aliphatic rings.